The highest BCUT2D eigenvalue weighted by Crippen LogP contribution is 2.17. The zero-order chi connectivity index (χ0) is 17.0. The van der Waals surface area contributed by atoms with Crippen molar-refractivity contribution in [3.63, 3.8) is 0 Å². The van der Waals surface area contributed by atoms with Gasteiger partial charge in [0.25, 0.3) is 0 Å². The van der Waals surface area contributed by atoms with Gasteiger partial charge in [0.05, 0.1) is 11.7 Å². The minimum absolute atomic E-state index is 0.0310. The maximum Gasteiger partial charge on any atom is 0.171 e. The fraction of sp³-hybridized carbons (Fsp3) is 0.353. The van der Waals surface area contributed by atoms with Crippen molar-refractivity contribution in [1.29, 1.82) is 0 Å². The first-order valence-corrected chi connectivity index (χ1v) is 8.04. The zero-order valence-corrected chi connectivity index (χ0v) is 14.7. The molecule has 122 valence electrons. The van der Waals surface area contributed by atoms with Crippen LogP contribution < -0.4 is 10.6 Å². The Labute approximate surface area is 142 Å². The van der Waals surface area contributed by atoms with Crippen molar-refractivity contribution < 1.29 is 4.79 Å². The predicted octanol–water partition coefficient (Wildman–Crippen LogP) is 3.46. The average Bonchev–Trinajstić information content (AvgIpc) is 2.88. The number of nitrogens with zero attached hydrogens (tertiary/aromatic N) is 2. The lowest BCUT2D eigenvalue weighted by Gasteiger charge is -2.17. The number of carbonyl (C=O) groups excluding carboxylic acids is 1. The third kappa shape index (κ3) is 4.39. The quantitative estimate of drug-likeness (QED) is 0.649. The molecule has 1 aromatic heterocycles. The Morgan fingerprint density at radius 3 is 2.78 bits per heavy atom. The van der Waals surface area contributed by atoms with Crippen molar-refractivity contribution in [2.24, 2.45) is 0 Å². The molecule has 2 N–H and O–H groups in total. The van der Waals surface area contributed by atoms with Crippen LogP contribution in [-0.2, 0) is 6.54 Å². The lowest BCUT2D eigenvalue weighted by atomic mass is 10.1. The number of thiocarbonyl (C=S) groups is 1. The molecule has 0 saturated carbocycles. The lowest BCUT2D eigenvalue weighted by Crippen LogP contribution is -2.31. The van der Waals surface area contributed by atoms with Crippen LogP contribution in [0.4, 0.5) is 5.69 Å². The van der Waals surface area contributed by atoms with Crippen LogP contribution in [0.3, 0.4) is 0 Å². The number of Topliss-reactive ketones (excluding diaryl/α,β-unsaturated/α-hetero) is 1. The smallest absolute Gasteiger partial charge is 0.171 e. The fourth-order valence-corrected chi connectivity index (χ4v) is 2.67. The molecule has 1 atom stereocenters. The summed E-state index contributed by atoms with van der Waals surface area (Å²) in [5.74, 6) is 0.0310. The number of aryl methyl sites for hydroxylation is 2. The van der Waals surface area contributed by atoms with E-state index in [0.717, 1.165) is 23.5 Å². The molecule has 0 unspecified atom stereocenters. The van der Waals surface area contributed by atoms with Gasteiger partial charge in [-0.2, -0.15) is 5.10 Å². The van der Waals surface area contributed by atoms with Crippen LogP contribution >= 0.6 is 12.2 Å². The summed E-state index contributed by atoms with van der Waals surface area (Å²) in [6, 6.07) is 7.34. The van der Waals surface area contributed by atoms with Gasteiger partial charge in [-0.05, 0) is 52.0 Å². The summed E-state index contributed by atoms with van der Waals surface area (Å²) in [6.45, 7) is 8.49. The first-order valence-electron chi connectivity index (χ1n) is 7.63. The van der Waals surface area contributed by atoms with E-state index in [0.29, 0.717) is 10.7 Å². The summed E-state index contributed by atoms with van der Waals surface area (Å²) in [4.78, 5) is 11.4. The molecule has 0 fully saturated rings. The summed E-state index contributed by atoms with van der Waals surface area (Å²) in [6.07, 6.45) is 2.03. The van der Waals surface area contributed by atoms with Gasteiger partial charge in [-0.3, -0.25) is 9.48 Å². The number of aromatic nitrogens is 2. The van der Waals surface area contributed by atoms with Crippen molar-refractivity contribution in [2.75, 3.05) is 5.32 Å². The predicted molar refractivity (Wildman–Crippen MR) is 96.9 cm³/mol. The number of ketones is 1. The Kier molecular flexibility index (Phi) is 5.50. The van der Waals surface area contributed by atoms with E-state index in [1.165, 1.54) is 0 Å². The van der Waals surface area contributed by atoms with E-state index in [-0.39, 0.29) is 11.8 Å². The van der Waals surface area contributed by atoms with Crippen LogP contribution in [0.1, 0.15) is 48.4 Å². The Morgan fingerprint density at radius 2 is 2.17 bits per heavy atom. The van der Waals surface area contributed by atoms with Crippen molar-refractivity contribution in [1.82, 2.24) is 15.1 Å². The highest BCUT2D eigenvalue weighted by atomic mass is 32.1. The molecular formula is C17H22N4OS. The lowest BCUT2D eigenvalue weighted by molar-refractivity contribution is 0.101. The average molecular weight is 330 g/mol. The second-order valence-electron chi connectivity index (χ2n) is 5.48. The number of anilines is 1. The molecule has 1 aromatic carbocycles. The van der Waals surface area contributed by atoms with Gasteiger partial charge in [-0.15, -0.1) is 0 Å². The van der Waals surface area contributed by atoms with Crippen LogP contribution in [0.25, 0.3) is 0 Å². The van der Waals surface area contributed by atoms with Gasteiger partial charge >= 0.3 is 0 Å². The van der Waals surface area contributed by atoms with Crippen LogP contribution in [0.15, 0.2) is 30.5 Å². The Morgan fingerprint density at radius 1 is 1.43 bits per heavy atom. The summed E-state index contributed by atoms with van der Waals surface area (Å²) >= 11 is 5.37. The van der Waals surface area contributed by atoms with E-state index in [4.69, 9.17) is 12.2 Å². The molecule has 1 heterocycles. The van der Waals surface area contributed by atoms with Gasteiger partial charge in [0.2, 0.25) is 0 Å². The molecule has 6 heteroatoms. The molecule has 0 aliphatic heterocycles. The minimum atomic E-state index is 0.0310. The van der Waals surface area contributed by atoms with E-state index < -0.39 is 0 Å². The number of hydrogen-bond donors (Lipinski definition) is 2. The summed E-state index contributed by atoms with van der Waals surface area (Å²) < 4.78 is 1.91. The number of carbonyl (C=O) groups is 1. The van der Waals surface area contributed by atoms with Gasteiger partial charge in [0.15, 0.2) is 10.9 Å². The largest absolute Gasteiger partial charge is 0.356 e. The second kappa shape index (κ2) is 7.37. The first kappa shape index (κ1) is 17.1. The minimum Gasteiger partial charge on any atom is -0.356 e. The van der Waals surface area contributed by atoms with E-state index in [1.807, 2.05) is 36.9 Å². The number of rotatable bonds is 5. The highest BCUT2D eigenvalue weighted by Gasteiger charge is 2.13. The molecule has 0 saturated heterocycles. The maximum atomic E-state index is 11.4. The normalized spacial score (nSPS) is 11.8. The van der Waals surface area contributed by atoms with E-state index in [1.54, 1.807) is 19.1 Å². The number of benzene rings is 1. The van der Waals surface area contributed by atoms with Crippen molar-refractivity contribution in [2.45, 2.75) is 40.3 Å². The molecule has 0 aliphatic carbocycles. The van der Waals surface area contributed by atoms with Gasteiger partial charge in [-0.25, -0.2) is 0 Å². The summed E-state index contributed by atoms with van der Waals surface area (Å²) in [5, 5.41) is 11.3. The maximum absolute atomic E-state index is 11.4. The first-order chi connectivity index (χ1) is 10.9. The molecule has 23 heavy (non-hydrogen) atoms. The van der Waals surface area contributed by atoms with Crippen LogP contribution in [-0.4, -0.2) is 20.7 Å². The molecule has 0 radical (unpaired) electrons. The van der Waals surface area contributed by atoms with Crippen molar-refractivity contribution >= 4 is 28.8 Å². The molecule has 5 nitrogen and oxygen atoms in total. The second-order valence-corrected chi connectivity index (χ2v) is 5.89. The summed E-state index contributed by atoms with van der Waals surface area (Å²) in [5.41, 5.74) is 3.57. The van der Waals surface area contributed by atoms with Crippen LogP contribution in [0.2, 0.25) is 0 Å². The fourth-order valence-electron chi connectivity index (χ4n) is 2.38. The molecule has 0 aliphatic rings. The Balaban J connectivity index is 2.02. The highest BCUT2D eigenvalue weighted by molar-refractivity contribution is 7.80. The molecule has 2 aromatic rings. The van der Waals surface area contributed by atoms with E-state index >= 15 is 0 Å². The van der Waals surface area contributed by atoms with Crippen molar-refractivity contribution in [3.05, 3.63) is 47.3 Å². The Hall–Kier alpha value is -2.21. The van der Waals surface area contributed by atoms with Gasteiger partial charge in [0, 0.05) is 29.6 Å². The van der Waals surface area contributed by atoms with Gasteiger partial charge in [-0.1, -0.05) is 12.1 Å². The zero-order valence-electron chi connectivity index (χ0n) is 13.9. The molecule has 2 rings (SSSR count). The molecule has 0 spiro atoms. The summed E-state index contributed by atoms with van der Waals surface area (Å²) in [7, 11) is 0. The van der Waals surface area contributed by atoms with Gasteiger partial charge < -0.3 is 10.6 Å². The number of hydrogen-bond acceptors (Lipinski definition) is 3. The third-order valence-corrected chi connectivity index (χ3v) is 3.87. The topological polar surface area (TPSA) is 59.0 Å². The Bertz CT molecular complexity index is 723. The molecule has 0 amide bonds. The standard InChI is InChI=1S/C17H22N4OS/c1-5-21-10-16(12(3)20-21)11(2)18-17(23)19-15-8-6-7-14(9-15)13(4)22/h6-11H,5H2,1-4H3,(H2,18,19,23)/t11-/m0/s1. The monoisotopic (exact) mass is 330 g/mol. The van der Waals surface area contributed by atoms with E-state index in [2.05, 4.69) is 22.7 Å². The van der Waals surface area contributed by atoms with Crippen molar-refractivity contribution in [3.8, 4) is 0 Å². The van der Waals surface area contributed by atoms with Gasteiger partial charge in [0.1, 0.15) is 0 Å². The molecular weight excluding hydrogens is 308 g/mol. The van der Waals surface area contributed by atoms with E-state index in [9.17, 15) is 4.79 Å². The molecule has 0 bridgehead atoms. The third-order valence-electron chi connectivity index (χ3n) is 3.65. The number of nitrogens with one attached hydrogen (secondary N) is 2. The van der Waals surface area contributed by atoms with Crippen LogP contribution in [0.5, 0.6) is 0 Å². The van der Waals surface area contributed by atoms with Crippen LogP contribution in [0, 0.1) is 6.92 Å². The SMILES string of the molecule is CCn1cc([C@H](C)NC(=S)Nc2cccc(C(C)=O)c2)c(C)n1.